The van der Waals surface area contributed by atoms with Crippen LogP contribution < -0.4 is 5.32 Å². The lowest BCUT2D eigenvalue weighted by atomic mass is 10.2. The third-order valence-corrected chi connectivity index (χ3v) is 4.48. The highest BCUT2D eigenvalue weighted by molar-refractivity contribution is 5.82. The highest BCUT2D eigenvalue weighted by Gasteiger charge is 2.26. The molecule has 10 heteroatoms. The minimum absolute atomic E-state index is 0.141. The van der Waals surface area contributed by atoms with Gasteiger partial charge in [0.15, 0.2) is 5.65 Å². The molecule has 0 radical (unpaired) electrons. The fourth-order valence-electron chi connectivity index (χ4n) is 3.16. The summed E-state index contributed by atoms with van der Waals surface area (Å²) in [4.78, 5) is 13.4. The minimum Gasteiger partial charge on any atom is -0.353 e. The number of hydrogen-bond donors (Lipinski definition) is 1. The number of nitrogens with zero attached hydrogens (tertiary/aromatic N) is 6. The van der Waals surface area contributed by atoms with E-state index >= 15 is 0 Å². The molecule has 0 aliphatic heterocycles. The molecule has 28 heavy (non-hydrogen) atoms. The van der Waals surface area contributed by atoms with Gasteiger partial charge in [0.2, 0.25) is 5.95 Å². The number of imidazole rings is 1. The second kappa shape index (κ2) is 6.77. The molecule has 0 saturated carbocycles. The summed E-state index contributed by atoms with van der Waals surface area (Å²) in [5, 5.41) is 6.82. The maximum atomic E-state index is 12.3. The maximum absolute atomic E-state index is 12.3. The lowest BCUT2D eigenvalue weighted by Crippen LogP contribution is -2.16. The molecule has 0 unspecified atom stereocenters. The van der Waals surface area contributed by atoms with Crippen molar-refractivity contribution in [2.75, 3.05) is 11.9 Å². The van der Waals surface area contributed by atoms with Crippen molar-refractivity contribution in [2.45, 2.75) is 33.0 Å². The van der Waals surface area contributed by atoms with Crippen molar-refractivity contribution in [1.29, 1.82) is 0 Å². The predicted molar refractivity (Wildman–Crippen MR) is 99.1 cm³/mol. The zero-order valence-electron chi connectivity index (χ0n) is 15.3. The summed E-state index contributed by atoms with van der Waals surface area (Å²) in [6.07, 6.45) is -1.85. The Morgan fingerprint density at radius 3 is 2.71 bits per heavy atom. The topological polar surface area (TPSA) is 72.9 Å². The molecular formula is C18H18F3N7. The van der Waals surface area contributed by atoms with Crippen LogP contribution in [0, 0.1) is 6.92 Å². The van der Waals surface area contributed by atoms with Gasteiger partial charge in [-0.15, -0.1) is 5.10 Å². The average molecular weight is 389 g/mol. The largest absolute Gasteiger partial charge is 0.390 e. The molecule has 0 fully saturated rings. The molecule has 0 amide bonds. The minimum atomic E-state index is -4.22. The quantitative estimate of drug-likeness (QED) is 0.562. The van der Waals surface area contributed by atoms with Crippen LogP contribution in [0.3, 0.4) is 0 Å². The first kappa shape index (κ1) is 18.2. The number of rotatable bonds is 5. The number of alkyl halides is 3. The summed E-state index contributed by atoms with van der Waals surface area (Å²) in [7, 11) is 0. The lowest BCUT2D eigenvalue weighted by molar-refractivity contribution is -0.131. The van der Waals surface area contributed by atoms with Gasteiger partial charge < -0.3 is 9.88 Å². The number of nitrogens with one attached hydrogen (secondary N) is 1. The van der Waals surface area contributed by atoms with Crippen molar-refractivity contribution < 1.29 is 13.2 Å². The second-order valence-electron chi connectivity index (χ2n) is 6.38. The van der Waals surface area contributed by atoms with Gasteiger partial charge in [0.05, 0.1) is 23.8 Å². The standard InChI is InChI=1S/C18H18F3N7/c1-3-27-11(2)24-14-5-4-13(25-16(14)27)12-6-9-28-15(12)10-23-17(26-28)22-8-7-18(19,20)21/h4-6,9-10H,3,7-8H2,1-2H3,(H,22,26). The third-order valence-electron chi connectivity index (χ3n) is 4.48. The van der Waals surface area contributed by atoms with E-state index in [-0.39, 0.29) is 12.5 Å². The van der Waals surface area contributed by atoms with Crippen molar-refractivity contribution in [3.05, 3.63) is 36.4 Å². The van der Waals surface area contributed by atoms with Crippen molar-refractivity contribution in [3.8, 4) is 11.3 Å². The molecule has 0 spiro atoms. The van der Waals surface area contributed by atoms with Gasteiger partial charge >= 0.3 is 6.18 Å². The maximum Gasteiger partial charge on any atom is 0.390 e. The van der Waals surface area contributed by atoms with E-state index in [2.05, 4.69) is 20.4 Å². The van der Waals surface area contributed by atoms with E-state index in [1.807, 2.05) is 36.6 Å². The van der Waals surface area contributed by atoms with Crippen LogP contribution in [0.4, 0.5) is 19.1 Å². The molecule has 7 nitrogen and oxygen atoms in total. The highest BCUT2D eigenvalue weighted by atomic mass is 19.4. The van der Waals surface area contributed by atoms with Crippen LogP contribution >= 0.6 is 0 Å². The highest BCUT2D eigenvalue weighted by Crippen LogP contribution is 2.26. The van der Waals surface area contributed by atoms with Gasteiger partial charge in [-0.3, -0.25) is 0 Å². The van der Waals surface area contributed by atoms with Crippen LogP contribution in [0.2, 0.25) is 0 Å². The van der Waals surface area contributed by atoms with Crippen LogP contribution in [0.25, 0.3) is 27.9 Å². The summed E-state index contributed by atoms with van der Waals surface area (Å²) >= 11 is 0. The van der Waals surface area contributed by atoms with Crippen LogP contribution in [-0.4, -0.2) is 41.9 Å². The number of halogens is 3. The number of pyridine rings is 1. The molecule has 4 rings (SSSR count). The molecule has 0 aliphatic rings. The van der Waals surface area contributed by atoms with Crippen molar-refractivity contribution in [1.82, 2.24) is 29.1 Å². The Morgan fingerprint density at radius 1 is 1.14 bits per heavy atom. The van der Waals surface area contributed by atoms with Gasteiger partial charge in [-0.2, -0.15) is 13.2 Å². The molecule has 0 aliphatic carbocycles. The zero-order valence-corrected chi connectivity index (χ0v) is 15.3. The van der Waals surface area contributed by atoms with E-state index in [4.69, 9.17) is 4.98 Å². The summed E-state index contributed by atoms with van der Waals surface area (Å²) < 4.78 is 40.4. The number of aromatic nitrogens is 6. The molecule has 146 valence electrons. The molecule has 0 bridgehead atoms. The van der Waals surface area contributed by atoms with Gasteiger partial charge in [0, 0.05) is 24.8 Å². The van der Waals surface area contributed by atoms with E-state index < -0.39 is 12.6 Å². The number of hydrogen-bond acceptors (Lipinski definition) is 5. The fraction of sp³-hybridized carbons (Fsp3) is 0.333. The van der Waals surface area contributed by atoms with Crippen molar-refractivity contribution >= 4 is 22.6 Å². The summed E-state index contributed by atoms with van der Waals surface area (Å²) in [6, 6.07) is 5.67. The summed E-state index contributed by atoms with van der Waals surface area (Å²) in [6.45, 7) is 4.48. The van der Waals surface area contributed by atoms with Crippen molar-refractivity contribution in [3.63, 3.8) is 0 Å². The molecule has 1 N–H and O–H groups in total. The van der Waals surface area contributed by atoms with E-state index in [0.717, 1.165) is 34.8 Å². The Labute approximate surface area is 158 Å². The first-order valence-corrected chi connectivity index (χ1v) is 8.85. The summed E-state index contributed by atoms with van der Waals surface area (Å²) in [5.74, 6) is 1.05. The Balaban J connectivity index is 1.65. The van der Waals surface area contributed by atoms with Gasteiger partial charge in [-0.1, -0.05) is 0 Å². The van der Waals surface area contributed by atoms with Gasteiger partial charge in [0.1, 0.15) is 11.3 Å². The summed E-state index contributed by atoms with van der Waals surface area (Å²) in [5.41, 5.74) is 3.95. The van der Waals surface area contributed by atoms with Gasteiger partial charge in [-0.25, -0.2) is 19.5 Å². The number of aryl methyl sites for hydroxylation is 2. The van der Waals surface area contributed by atoms with Crippen LogP contribution in [-0.2, 0) is 6.54 Å². The average Bonchev–Trinajstić information content (AvgIpc) is 3.19. The van der Waals surface area contributed by atoms with Crippen LogP contribution in [0.1, 0.15) is 19.2 Å². The molecule has 4 aromatic heterocycles. The first-order valence-electron chi connectivity index (χ1n) is 8.85. The smallest absolute Gasteiger partial charge is 0.353 e. The molecule has 0 atom stereocenters. The number of anilines is 1. The monoisotopic (exact) mass is 389 g/mol. The van der Waals surface area contributed by atoms with Gasteiger partial charge in [0.25, 0.3) is 0 Å². The van der Waals surface area contributed by atoms with E-state index in [9.17, 15) is 13.2 Å². The predicted octanol–water partition coefficient (Wildman–Crippen LogP) is 3.83. The second-order valence-corrected chi connectivity index (χ2v) is 6.38. The molecule has 4 aromatic rings. The van der Waals surface area contributed by atoms with E-state index in [0.29, 0.717) is 5.52 Å². The number of fused-ring (bicyclic) bond motifs is 2. The Morgan fingerprint density at radius 2 is 1.96 bits per heavy atom. The molecule has 0 aromatic carbocycles. The Hall–Kier alpha value is -3.17. The third kappa shape index (κ3) is 3.37. The van der Waals surface area contributed by atoms with Crippen LogP contribution in [0.5, 0.6) is 0 Å². The molecular weight excluding hydrogens is 371 g/mol. The molecule has 4 heterocycles. The normalized spacial score (nSPS) is 12.2. The van der Waals surface area contributed by atoms with E-state index in [1.165, 1.54) is 0 Å². The zero-order chi connectivity index (χ0) is 19.9. The van der Waals surface area contributed by atoms with Crippen molar-refractivity contribution in [2.24, 2.45) is 0 Å². The molecule has 0 saturated heterocycles. The van der Waals surface area contributed by atoms with Crippen LogP contribution in [0.15, 0.2) is 30.6 Å². The Kier molecular flexibility index (Phi) is 4.40. The Bertz CT molecular complexity index is 1140. The SMILES string of the molecule is CCn1c(C)nc2ccc(-c3ccn4nc(NCCC(F)(F)F)ncc34)nc21. The van der Waals surface area contributed by atoms with Gasteiger partial charge in [-0.05, 0) is 32.0 Å². The lowest BCUT2D eigenvalue weighted by Gasteiger charge is -2.08. The first-order chi connectivity index (χ1) is 13.4. The fourth-order valence-corrected chi connectivity index (χ4v) is 3.16. The van der Waals surface area contributed by atoms with E-state index in [1.54, 1.807) is 16.9 Å².